The molecule has 1 N–H and O–H groups in total. The lowest BCUT2D eigenvalue weighted by Crippen LogP contribution is -2.17. The van der Waals surface area contributed by atoms with Gasteiger partial charge in [-0.15, -0.1) is 0 Å². The summed E-state index contributed by atoms with van der Waals surface area (Å²) in [5.41, 5.74) is 0.785. The summed E-state index contributed by atoms with van der Waals surface area (Å²) in [4.78, 5) is 0. The van der Waals surface area contributed by atoms with Crippen molar-refractivity contribution in [2.75, 3.05) is 0 Å². The van der Waals surface area contributed by atoms with Crippen LogP contribution in [0, 0.1) is 0 Å². The quantitative estimate of drug-likeness (QED) is 0.900. The highest BCUT2D eigenvalue weighted by molar-refractivity contribution is 9.10. The Morgan fingerprint density at radius 2 is 2.27 bits per heavy atom. The van der Waals surface area contributed by atoms with Gasteiger partial charge >= 0.3 is 0 Å². The Kier molecular flexibility index (Phi) is 3.24. The Bertz CT molecular complexity index is 381. The summed E-state index contributed by atoms with van der Waals surface area (Å²) in [6, 6.07) is 3.55. The van der Waals surface area contributed by atoms with Crippen LogP contribution in [0.4, 0.5) is 0 Å². The number of aliphatic hydroxyl groups is 1. The molecule has 1 aromatic carbocycles. The molecular weight excluding hydrogens is 279 g/mol. The van der Waals surface area contributed by atoms with Crippen molar-refractivity contribution in [1.29, 1.82) is 0 Å². The van der Waals surface area contributed by atoms with Gasteiger partial charge in [0.1, 0.15) is 18.0 Å². The van der Waals surface area contributed by atoms with Crippen LogP contribution >= 0.6 is 27.5 Å². The van der Waals surface area contributed by atoms with Gasteiger partial charge in [-0.05, 0) is 34.5 Å². The highest BCUT2D eigenvalue weighted by Crippen LogP contribution is 2.44. The standard InChI is InChI=1S/C11H12BrClO2/c1-2-3-9-10(14)7-4-6(13)5-8(12)11(7)15-9/h4-5,9-10,14H,2-3H2,1H3. The molecule has 0 aromatic heterocycles. The zero-order chi connectivity index (χ0) is 11.0. The molecule has 1 heterocycles. The minimum absolute atomic E-state index is 0.139. The second kappa shape index (κ2) is 4.32. The van der Waals surface area contributed by atoms with Gasteiger partial charge in [-0.25, -0.2) is 0 Å². The van der Waals surface area contributed by atoms with Crippen LogP contribution < -0.4 is 4.74 Å². The van der Waals surface area contributed by atoms with E-state index in [2.05, 4.69) is 22.9 Å². The normalized spacial score (nSPS) is 23.7. The van der Waals surface area contributed by atoms with Crippen molar-refractivity contribution >= 4 is 27.5 Å². The number of rotatable bonds is 2. The van der Waals surface area contributed by atoms with Crippen LogP contribution in [-0.2, 0) is 0 Å². The first-order chi connectivity index (χ1) is 7.13. The number of halogens is 2. The highest BCUT2D eigenvalue weighted by atomic mass is 79.9. The summed E-state index contributed by atoms with van der Waals surface area (Å²) < 4.78 is 6.50. The van der Waals surface area contributed by atoms with Gasteiger partial charge in [-0.3, -0.25) is 0 Å². The second-order valence-corrected chi connectivity index (χ2v) is 4.99. The van der Waals surface area contributed by atoms with Crippen LogP contribution in [0.15, 0.2) is 16.6 Å². The Morgan fingerprint density at radius 3 is 2.93 bits per heavy atom. The van der Waals surface area contributed by atoms with Crippen LogP contribution in [0.5, 0.6) is 5.75 Å². The predicted molar refractivity (Wildman–Crippen MR) is 63.4 cm³/mol. The summed E-state index contributed by atoms with van der Waals surface area (Å²) in [6.07, 6.45) is 1.13. The SMILES string of the molecule is CCCC1Oc2c(Br)cc(Cl)cc2C1O. The molecule has 1 aliphatic heterocycles. The average Bonchev–Trinajstić information content (AvgIpc) is 2.47. The second-order valence-electron chi connectivity index (χ2n) is 3.70. The average molecular weight is 292 g/mol. The third-order valence-corrected chi connectivity index (χ3v) is 3.36. The molecule has 0 bridgehead atoms. The first-order valence-corrected chi connectivity index (χ1v) is 6.14. The number of fused-ring (bicyclic) bond motifs is 1. The van der Waals surface area contributed by atoms with E-state index in [1.165, 1.54) is 0 Å². The fourth-order valence-electron chi connectivity index (χ4n) is 1.84. The van der Waals surface area contributed by atoms with Gasteiger partial charge in [-0.1, -0.05) is 24.9 Å². The van der Waals surface area contributed by atoms with Crippen LogP contribution in [0.1, 0.15) is 31.4 Å². The molecular formula is C11H12BrClO2. The maximum absolute atomic E-state index is 10.0. The third kappa shape index (κ3) is 2.01. The monoisotopic (exact) mass is 290 g/mol. The van der Waals surface area contributed by atoms with E-state index in [0.29, 0.717) is 5.02 Å². The topological polar surface area (TPSA) is 29.5 Å². The molecule has 0 aliphatic carbocycles. The van der Waals surface area contributed by atoms with Gasteiger partial charge in [-0.2, -0.15) is 0 Å². The van der Waals surface area contributed by atoms with E-state index >= 15 is 0 Å². The zero-order valence-corrected chi connectivity index (χ0v) is 10.7. The molecule has 1 aromatic rings. The van der Waals surface area contributed by atoms with Crippen LogP contribution in [-0.4, -0.2) is 11.2 Å². The molecule has 0 saturated carbocycles. The van der Waals surface area contributed by atoms with Crippen molar-refractivity contribution in [1.82, 2.24) is 0 Å². The molecule has 2 atom stereocenters. The maximum atomic E-state index is 10.0. The molecule has 2 rings (SSSR count). The summed E-state index contributed by atoms with van der Waals surface area (Å²) in [5, 5.41) is 10.6. The first kappa shape index (κ1) is 11.2. The van der Waals surface area contributed by atoms with E-state index in [9.17, 15) is 5.11 Å². The molecule has 82 valence electrons. The third-order valence-electron chi connectivity index (χ3n) is 2.55. The van der Waals surface area contributed by atoms with Gasteiger partial charge < -0.3 is 9.84 Å². The Morgan fingerprint density at radius 1 is 1.53 bits per heavy atom. The van der Waals surface area contributed by atoms with E-state index in [1.54, 1.807) is 12.1 Å². The number of hydrogen-bond donors (Lipinski definition) is 1. The van der Waals surface area contributed by atoms with Crippen molar-refractivity contribution in [3.8, 4) is 5.75 Å². The first-order valence-electron chi connectivity index (χ1n) is 4.97. The molecule has 15 heavy (non-hydrogen) atoms. The molecule has 0 amide bonds. The van der Waals surface area contributed by atoms with Crippen molar-refractivity contribution < 1.29 is 9.84 Å². The summed E-state index contributed by atoms with van der Waals surface area (Å²) >= 11 is 9.31. The number of benzene rings is 1. The molecule has 0 spiro atoms. The van der Waals surface area contributed by atoms with Gasteiger partial charge in [0.15, 0.2) is 0 Å². The van der Waals surface area contributed by atoms with E-state index in [4.69, 9.17) is 16.3 Å². The Labute approximate surface area is 102 Å². The van der Waals surface area contributed by atoms with Gasteiger partial charge in [0.25, 0.3) is 0 Å². The molecule has 0 radical (unpaired) electrons. The minimum Gasteiger partial charge on any atom is -0.486 e. The van der Waals surface area contributed by atoms with E-state index in [-0.39, 0.29) is 6.10 Å². The lowest BCUT2D eigenvalue weighted by molar-refractivity contribution is 0.0614. The van der Waals surface area contributed by atoms with Gasteiger partial charge in [0.05, 0.1) is 4.47 Å². The Balaban J connectivity index is 2.36. The van der Waals surface area contributed by atoms with Crippen molar-refractivity contribution in [2.45, 2.75) is 32.0 Å². The van der Waals surface area contributed by atoms with E-state index in [0.717, 1.165) is 28.6 Å². The zero-order valence-electron chi connectivity index (χ0n) is 8.34. The van der Waals surface area contributed by atoms with Crippen molar-refractivity contribution in [2.24, 2.45) is 0 Å². The molecule has 2 nitrogen and oxygen atoms in total. The fourth-order valence-corrected chi connectivity index (χ4v) is 2.77. The van der Waals surface area contributed by atoms with Crippen molar-refractivity contribution in [3.63, 3.8) is 0 Å². The summed E-state index contributed by atoms with van der Waals surface area (Å²) in [6.45, 7) is 2.07. The lowest BCUT2D eigenvalue weighted by atomic mass is 10.0. The number of ether oxygens (including phenoxy) is 1. The van der Waals surface area contributed by atoms with E-state index in [1.807, 2.05) is 0 Å². The summed E-state index contributed by atoms with van der Waals surface area (Å²) in [7, 11) is 0. The number of aliphatic hydroxyl groups excluding tert-OH is 1. The largest absolute Gasteiger partial charge is 0.486 e. The van der Waals surface area contributed by atoms with Crippen molar-refractivity contribution in [3.05, 3.63) is 27.2 Å². The fraction of sp³-hybridized carbons (Fsp3) is 0.455. The van der Waals surface area contributed by atoms with Gasteiger partial charge in [0, 0.05) is 10.6 Å². The number of hydrogen-bond acceptors (Lipinski definition) is 2. The van der Waals surface area contributed by atoms with Crippen LogP contribution in [0.2, 0.25) is 5.02 Å². The molecule has 2 unspecified atom stereocenters. The minimum atomic E-state index is -0.560. The molecule has 0 fully saturated rings. The van der Waals surface area contributed by atoms with Crippen LogP contribution in [0.3, 0.4) is 0 Å². The summed E-state index contributed by atoms with van der Waals surface area (Å²) in [5.74, 6) is 0.727. The maximum Gasteiger partial charge on any atom is 0.140 e. The van der Waals surface area contributed by atoms with E-state index < -0.39 is 6.10 Å². The molecule has 0 saturated heterocycles. The Hall–Kier alpha value is -0.250. The predicted octanol–water partition coefficient (Wildman–Crippen LogP) is 3.70. The molecule has 1 aliphatic rings. The van der Waals surface area contributed by atoms with Crippen LogP contribution in [0.25, 0.3) is 0 Å². The van der Waals surface area contributed by atoms with Gasteiger partial charge in [0.2, 0.25) is 0 Å². The lowest BCUT2D eigenvalue weighted by Gasteiger charge is -2.12. The molecule has 4 heteroatoms. The highest BCUT2D eigenvalue weighted by Gasteiger charge is 2.33. The smallest absolute Gasteiger partial charge is 0.140 e.